The van der Waals surface area contributed by atoms with Gasteiger partial charge in [0.05, 0.1) is 0 Å². The molecule has 41 heavy (non-hydrogen) atoms. The Bertz CT molecular complexity index is 1380. The van der Waals surface area contributed by atoms with Crippen LogP contribution in [0, 0.1) is 5.82 Å². The van der Waals surface area contributed by atoms with Crippen molar-refractivity contribution in [2.24, 2.45) is 0 Å². The molecular weight excluding hydrogens is 541 g/mol. The molecule has 4 aromatic rings. The summed E-state index contributed by atoms with van der Waals surface area (Å²) in [4.78, 5) is 0. The third-order valence-corrected chi connectivity index (χ3v) is 8.44. The minimum Gasteiger partial charge on any atom is -0.207 e. The van der Waals surface area contributed by atoms with Crippen molar-refractivity contribution >= 4 is 0 Å². The Labute approximate surface area is 235 Å². The van der Waals surface area contributed by atoms with Gasteiger partial charge in [-0.1, -0.05) is 110 Å². The first kappa shape index (κ1) is 30.4. The van der Waals surface area contributed by atoms with Gasteiger partial charge in [-0.3, -0.25) is 0 Å². The predicted molar refractivity (Wildman–Crippen MR) is 147 cm³/mol. The van der Waals surface area contributed by atoms with E-state index in [-0.39, 0.29) is 24.3 Å². The molecule has 4 rings (SSSR count). The van der Waals surface area contributed by atoms with Gasteiger partial charge in [-0.15, -0.1) is 0 Å². The highest BCUT2D eigenvalue weighted by Gasteiger charge is 2.77. The molecule has 4 atom stereocenters. The first-order valence-corrected chi connectivity index (χ1v) is 13.4. The SMILES string of the molecule is CC(CCC(c1ccc(F)cc1)[C@@](c1ccccc1)(C(F)(F)F)C(C)(c1ccccc1)C(F)(F)F)c1ccccc1. The van der Waals surface area contributed by atoms with Gasteiger partial charge < -0.3 is 0 Å². The van der Waals surface area contributed by atoms with Crippen molar-refractivity contribution in [2.75, 3.05) is 0 Å². The summed E-state index contributed by atoms with van der Waals surface area (Å²) < 4.78 is 109. The normalized spacial score (nSPS) is 16.8. The first-order chi connectivity index (χ1) is 19.3. The largest absolute Gasteiger partial charge is 0.400 e. The molecule has 0 saturated carbocycles. The van der Waals surface area contributed by atoms with Gasteiger partial charge in [-0.25, -0.2) is 4.39 Å². The second kappa shape index (κ2) is 11.7. The Balaban J connectivity index is 2.08. The number of benzene rings is 4. The van der Waals surface area contributed by atoms with Gasteiger partial charge in [0.15, 0.2) is 0 Å². The van der Waals surface area contributed by atoms with Gasteiger partial charge in [0, 0.05) is 5.92 Å². The Morgan fingerprint density at radius 2 is 1.00 bits per heavy atom. The van der Waals surface area contributed by atoms with E-state index in [1.807, 2.05) is 37.3 Å². The number of hydrogen-bond donors (Lipinski definition) is 0. The molecule has 0 fully saturated rings. The van der Waals surface area contributed by atoms with Crippen LogP contribution < -0.4 is 0 Å². The molecule has 216 valence electrons. The highest BCUT2D eigenvalue weighted by Crippen LogP contribution is 2.66. The molecule has 0 aliphatic heterocycles. The van der Waals surface area contributed by atoms with Crippen LogP contribution in [-0.4, -0.2) is 12.4 Å². The fourth-order valence-corrected chi connectivity index (χ4v) is 6.26. The molecule has 0 radical (unpaired) electrons. The zero-order valence-electron chi connectivity index (χ0n) is 22.7. The van der Waals surface area contributed by atoms with E-state index in [4.69, 9.17) is 0 Å². The van der Waals surface area contributed by atoms with Crippen molar-refractivity contribution in [2.45, 2.75) is 61.7 Å². The van der Waals surface area contributed by atoms with Crippen LogP contribution >= 0.6 is 0 Å². The van der Waals surface area contributed by atoms with Crippen molar-refractivity contribution in [1.29, 1.82) is 0 Å². The molecule has 7 heteroatoms. The van der Waals surface area contributed by atoms with Crippen LogP contribution in [-0.2, 0) is 10.8 Å². The maximum Gasteiger partial charge on any atom is 0.400 e. The van der Waals surface area contributed by atoms with E-state index in [2.05, 4.69) is 0 Å². The zero-order chi connectivity index (χ0) is 29.9. The Morgan fingerprint density at radius 3 is 1.46 bits per heavy atom. The average Bonchev–Trinajstić information content (AvgIpc) is 2.95. The Kier molecular flexibility index (Phi) is 8.67. The highest BCUT2D eigenvalue weighted by atomic mass is 19.4. The molecule has 0 spiro atoms. The first-order valence-electron chi connectivity index (χ1n) is 13.4. The lowest BCUT2D eigenvalue weighted by molar-refractivity contribution is -0.285. The molecule has 0 aromatic heterocycles. The lowest BCUT2D eigenvalue weighted by Gasteiger charge is -2.55. The molecule has 4 aromatic carbocycles. The van der Waals surface area contributed by atoms with Crippen LogP contribution in [0.15, 0.2) is 115 Å². The van der Waals surface area contributed by atoms with E-state index in [9.17, 15) is 4.39 Å². The topological polar surface area (TPSA) is 0 Å². The van der Waals surface area contributed by atoms with Crippen molar-refractivity contribution in [1.82, 2.24) is 0 Å². The summed E-state index contributed by atoms with van der Waals surface area (Å²) in [6, 6.07) is 26.2. The average molecular weight is 573 g/mol. The molecule has 0 aliphatic carbocycles. The number of alkyl halides is 6. The van der Waals surface area contributed by atoms with Crippen LogP contribution in [0.25, 0.3) is 0 Å². The van der Waals surface area contributed by atoms with Crippen LogP contribution in [0.3, 0.4) is 0 Å². The Morgan fingerprint density at radius 1 is 0.537 bits per heavy atom. The summed E-state index contributed by atoms with van der Waals surface area (Å²) in [5.74, 6) is -2.65. The smallest absolute Gasteiger partial charge is 0.207 e. The van der Waals surface area contributed by atoms with Gasteiger partial charge in [0.1, 0.15) is 16.6 Å². The quantitative estimate of drug-likeness (QED) is 0.175. The molecule has 0 amide bonds. The third-order valence-electron chi connectivity index (χ3n) is 8.44. The van der Waals surface area contributed by atoms with E-state index in [0.29, 0.717) is 6.92 Å². The van der Waals surface area contributed by atoms with E-state index >= 15 is 26.3 Å². The minimum atomic E-state index is -5.39. The van der Waals surface area contributed by atoms with Crippen molar-refractivity contribution in [3.63, 3.8) is 0 Å². The molecule has 0 N–H and O–H groups in total. The molecule has 3 unspecified atom stereocenters. The minimum absolute atomic E-state index is 0.0146. The standard InChI is InChI=1S/C34H31F7/c1-24(25-12-6-3-7-13-25)18-23-30(26-19-21-29(35)22-20-26)32(34(39,40)41,28-16-10-5-11-17-28)31(2,33(36,37)38)27-14-8-4-9-15-27/h3-17,19-22,24,30H,18,23H2,1-2H3/t24?,30?,31?,32-/m1/s1. The van der Waals surface area contributed by atoms with E-state index in [1.165, 1.54) is 48.5 Å². The van der Waals surface area contributed by atoms with Gasteiger partial charge in [0.2, 0.25) is 0 Å². The molecule has 0 bridgehead atoms. The summed E-state index contributed by atoms with van der Waals surface area (Å²) in [6.45, 7) is 2.50. The van der Waals surface area contributed by atoms with Crippen molar-refractivity contribution in [3.8, 4) is 0 Å². The molecule has 0 heterocycles. The second-order valence-corrected chi connectivity index (χ2v) is 10.7. The fourth-order valence-electron chi connectivity index (χ4n) is 6.26. The second-order valence-electron chi connectivity index (χ2n) is 10.7. The number of halogens is 7. The van der Waals surface area contributed by atoms with E-state index in [1.54, 1.807) is 0 Å². The predicted octanol–water partition coefficient (Wildman–Crippen LogP) is 10.5. The van der Waals surface area contributed by atoms with E-state index in [0.717, 1.165) is 42.0 Å². The van der Waals surface area contributed by atoms with Crippen LogP contribution in [0.5, 0.6) is 0 Å². The lowest BCUT2D eigenvalue weighted by atomic mass is 9.49. The van der Waals surface area contributed by atoms with Gasteiger partial charge >= 0.3 is 12.4 Å². The fraction of sp³-hybridized carbons (Fsp3) is 0.294. The summed E-state index contributed by atoms with van der Waals surface area (Å²) in [6.07, 6.45) is -10.8. The number of rotatable bonds is 9. The van der Waals surface area contributed by atoms with Crippen molar-refractivity contribution < 1.29 is 30.7 Å². The highest BCUT2D eigenvalue weighted by molar-refractivity contribution is 5.47. The summed E-state index contributed by atoms with van der Waals surface area (Å²) in [7, 11) is 0. The maximum atomic E-state index is 16.1. The maximum absolute atomic E-state index is 16.1. The van der Waals surface area contributed by atoms with Crippen LogP contribution in [0.1, 0.15) is 60.8 Å². The molecule has 0 aliphatic rings. The monoisotopic (exact) mass is 572 g/mol. The van der Waals surface area contributed by atoms with Crippen LogP contribution in [0.2, 0.25) is 0 Å². The molecule has 0 nitrogen and oxygen atoms in total. The number of hydrogen-bond acceptors (Lipinski definition) is 0. The summed E-state index contributed by atoms with van der Waals surface area (Å²) >= 11 is 0. The molecular formula is C34H31F7. The van der Waals surface area contributed by atoms with Gasteiger partial charge in [-0.2, -0.15) is 26.3 Å². The van der Waals surface area contributed by atoms with Crippen LogP contribution in [0.4, 0.5) is 30.7 Å². The lowest BCUT2D eigenvalue weighted by Crippen LogP contribution is -2.66. The van der Waals surface area contributed by atoms with E-state index < -0.39 is 46.0 Å². The molecule has 0 saturated heterocycles. The Hall–Kier alpha value is -3.61. The van der Waals surface area contributed by atoms with Crippen molar-refractivity contribution in [3.05, 3.63) is 143 Å². The summed E-state index contributed by atoms with van der Waals surface area (Å²) in [5.41, 5.74) is -7.05. The summed E-state index contributed by atoms with van der Waals surface area (Å²) in [5, 5.41) is 0. The third kappa shape index (κ3) is 5.51. The zero-order valence-corrected chi connectivity index (χ0v) is 22.7. The van der Waals surface area contributed by atoms with Gasteiger partial charge in [0.25, 0.3) is 0 Å². The van der Waals surface area contributed by atoms with Gasteiger partial charge in [-0.05, 0) is 60.1 Å².